The summed E-state index contributed by atoms with van der Waals surface area (Å²) in [5.74, 6) is 2.02. The Kier molecular flexibility index (Phi) is 16.0. The summed E-state index contributed by atoms with van der Waals surface area (Å²) in [6, 6.07) is 36.9. The van der Waals surface area contributed by atoms with Crippen LogP contribution in [0.15, 0.2) is 114 Å². The fourth-order valence-electron chi connectivity index (χ4n) is 7.02. The van der Waals surface area contributed by atoms with Gasteiger partial charge in [0, 0.05) is 16.5 Å². The Morgan fingerprint density at radius 2 is 0.737 bits per heavy atom. The zero-order valence-electron chi connectivity index (χ0n) is 35.7. The van der Waals surface area contributed by atoms with E-state index in [9.17, 15) is 4.91 Å². The SMILES string of the molecule is CC(C)c1cc(C(C)C)n([B-](n2nc(C(C)C)cc2C(C)C)n2nc(C(C)C)cc2C(C)C)n1.O=NSC(c1ccccc1)(c1ccccc1)c1ccccc1.[Cu+]. The summed E-state index contributed by atoms with van der Waals surface area (Å²) in [5, 5.41) is 15.6. The largest absolute Gasteiger partial charge is 1.00 e. The molecule has 3 aromatic carbocycles. The van der Waals surface area contributed by atoms with Crippen LogP contribution in [0.25, 0.3) is 0 Å². The molecule has 6 rings (SSSR count). The molecule has 57 heavy (non-hydrogen) atoms. The fourth-order valence-corrected chi connectivity index (χ4v) is 7.86. The van der Waals surface area contributed by atoms with Crippen LogP contribution in [-0.4, -0.2) is 36.2 Å². The number of rotatable bonds is 14. The molecule has 0 bridgehead atoms. The zero-order chi connectivity index (χ0) is 40.7. The van der Waals surface area contributed by atoms with E-state index in [2.05, 4.69) is 120 Å². The molecule has 1 radical (unpaired) electrons. The van der Waals surface area contributed by atoms with E-state index in [1.807, 2.05) is 91.0 Å². The van der Waals surface area contributed by atoms with Gasteiger partial charge in [-0.3, -0.25) is 0 Å². The van der Waals surface area contributed by atoms with Crippen molar-refractivity contribution < 1.29 is 17.1 Å². The normalized spacial score (nSPS) is 11.9. The van der Waals surface area contributed by atoms with Crippen LogP contribution in [0.3, 0.4) is 0 Å². The van der Waals surface area contributed by atoms with Crippen molar-refractivity contribution in [3.63, 3.8) is 0 Å². The maximum atomic E-state index is 11.3. The van der Waals surface area contributed by atoms with Crippen LogP contribution < -0.4 is 0 Å². The van der Waals surface area contributed by atoms with Crippen LogP contribution in [0.2, 0.25) is 0 Å². The molecule has 3 heterocycles. The Bertz CT molecular complexity index is 1910. The van der Waals surface area contributed by atoms with Crippen LogP contribution in [0.5, 0.6) is 0 Å². The minimum absolute atomic E-state index is 0. The number of hydrogen-bond acceptors (Lipinski definition) is 6. The molecule has 0 unspecified atom stereocenters. The van der Waals surface area contributed by atoms with Gasteiger partial charge in [0.05, 0.1) is 17.1 Å². The van der Waals surface area contributed by atoms with Gasteiger partial charge in [-0.2, -0.15) is 0 Å². The maximum Gasteiger partial charge on any atom is 1.00 e. The van der Waals surface area contributed by atoms with Crippen molar-refractivity contribution in [1.29, 1.82) is 0 Å². The number of nitroso groups, excluding NO2 is 1. The number of hydrogen-bond donors (Lipinski definition) is 0. The minimum Gasteiger partial charge on any atom is -0.422 e. The third kappa shape index (κ3) is 9.93. The molecule has 0 atom stereocenters. The average molecular weight is 833 g/mol. The van der Waals surface area contributed by atoms with Crippen molar-refractivity contribution in [2.45, 2.75) is 123 Å². The molecule has 0 aliphatic carbocycles. The number of aromatic nitrogens is 6. The number of benzene rings is 3. The van der Waals surface area contributed by atoms with Gasteiger partial charge in [-0.1, -0.05) is 174 Å². The smallest absolute Gasteiger partial charge is 0.422 e. The number of nitrogens with zero attached hydrogens (tertiary/aromatic N) is 7. The Balaban J connectivity index is 0.000000270. The maximum absolute atomic E-state index is 11.3. The van der Waals surface area contributed by atoms with E-state index < -0.39 is 4.75 Å². The van der Waals surface area contributed by atoms with Crippen molar-refractivity contribution in [2.24, 2.45) is 4.58 Å². The Morgan fingerprint density at radius 1 is 0.474 bits per heavy atom. The van der Waals surface area contributed by atoms with E-state index in [4.69, 9.17) is 15.3 Å². The Labute approximate surface area is 356 Å². The van der Waals surface area contributed by atoms with E-state index >= 15 is 0 Å². The van der Waals surface area contributed by atoms with Gasteiger partial charge >= 0.3 is 17.1 Å². The van der Waals surface area contributed by atoms with Gasteiger partial charge in [0.1, 0.15) is 4.75 Å². The van der Waals surface area contributed by atoms with Crippen LogP contribution in [0.1, 0.15) is 169 Å². The molecule has 3 aromatic heterocycles. The Hall–Kier alpha value is -4.18. The first-order valence-electron chi connectivity index (χ1n) is 20.2. The molecule has 0 aliphatic heterocycles. The van der Waals surface area contributed by atoms with Gasteiger partial charge in [0.15, 0.2) is 0 Å². The topological polar surface area (TPSA) is 82.9 Å². The second-order valence-electron chi connectivity index (χ2n) is 16.5. The van der Waals surface area contributed by atoms with Crippen molar-refractivity contribution >= 4 is 19.1 Å². The van der Waals surface area contributed by atoms with Gasteiger partial charge in [0.25, 0.3) is 7.12 Å². The third-order valence-corrected chi connectivity index (χ3v) is 11.3. The zero-order valence-corrected chi connectivity index (χ0v) is 37.4. The molecule has 8 nitrogen and oxygen atoms in total. The molecule has 0 aliphatic rings. The standard InChI is InChI=1S/C27H45BN6.C19H15NOS.Cu/c1-16(2)22-13-25(19(7)8)32(29-22)28(33-26(20(9)10)14-23(30-33)17(3)4)34-27(21(11)12)15-24(31-34)18(5)6;21-20-22-19(16-10-4-1-5-11-16,17-12-6-2-7-13-17)18-14-8-3-9-15-18;/h13-21H,1-12H3;1-15H;/q-1;;+1. The van der Waals surface area contributed by atoms with E-state index in [0.29, 0.717) is 35.5 Å². The van der Waals surface area contributed by atoms with Gasteiger partial charge in [0.2, 0.25) is 0 Å². The van der Waals surface area contributed by atoms with Gasteiger partial charge in [-0.15, -0.1) is 4.91 Å². The third-order valence-electron chi connectivity index (χ3n) is 10.3. The molecule has 6 aromatic rings. The van der Waals surface area contributed by atoms with Crippen molar-refractivity contribution in [2.75, 3.05) is 0 Å². The molecular formula is C46H60BCuN7OS. The van der Waals surface area contributed by atoms with Crippen LogP contribution >= 0.6 is 11.9 Å². The van der Waals surface area contributed by atoms with Crippen molar-refractivity contribution in [3.8, 4) is 0 Å². The molecule has 0 saturated carbocycles. The summed E-state index contributed by atoms with van der Waals surface area (Å²) in [7, 11) is -0.292. The molecule has 0 spiro atoms. The summed E-state index contributed by atoms with van der Waals surface area (Å²) in [6.07, 6.45) is 0. The van der Waals surface area contributed by atoms with E-state index in [-0.39, 0.29) is 24.2 Å². The predicted octanol–water partition coefficient (Wildman–Crippen LogP) is 12.3. The van der Waals surface area contributed by atoms with E-state index in [1.165, 1.54) is 17.1 Å². The van der Waals surface area contributed by atoms with Gasteiger partial charge in [-0.05, 0) is 87.5 Å². The van der Waals surface area contributed by atoms with Crippen LogP contribution in [0, 0.1) is 4.91 Å². The monoisotopic (exact) mass is 832 g/mol. The molecular weight excluding hydrogens is 773 g/mol. The molecule has 0 amide bonds. The summed E-state index contributed by atoms with van der Waals surface area (Å²) in [5.41, 5.74) is 10.1. The molecule has 0 N–H and O–H groups in total. The summed E-state index contributed by atoms with van der Waals surface area (Å²) >= 11 is 1.05. The quantitative estimate of drug-likeness (QED) is 0.0472. The fraction of sp³-hybridized carbons (Fsp3) is 0.413. The summed E-state index contributed by atoms with van der Waals surface area (Å²) in [4.78, 5) is 11.3. The molecule has 0 saturated heterocycles. The van der Waals surface area contributed by atoms with E-state index in [0.717, 1.165) is 45.7 Å². The van der Waals surface area contributed by atoms with Crippen LogP contribution in [0.4, 0.5) is 0 Å². The minimum atomic E-state index is -0.633. The second-order valence-corrected chi connectivity index (χ2v) is 17.5. The summed E-state index contributed by atoms with van der Waals surface area (Å²) in [6.45, 7) is 26.7. The Morgan fingerprint density at radius 3 is 0.947 bits per heavy atom. The van der Waals surface area contributed by atoms with E-state index in [1.54, 1.807) is 0 Å². The first-order chi connectivity index (χ1) is 26.7. The predicted molar refractivity (Wildman–Crippen MR) is 236 cm³/mol. The van der Waals surface area contributed by atoms with Crippen molar-refractivity contribution in [3.05, 3.63) is 165 Å². The first-order valence-corrected chi connectivity index (χ1v) is 20.9. The molecule has 0 fully saturated rings. The summed E-state index contributed by atoms with van der Waals surface area (Å²) < 4.78 is 9.13. The average Bonchev–Trinajstić information content (AvgIpc) is 3.94. The van der Waals surface area contributed by atoms with Gasteiger partial charge in [-0.25, -0.2) is 15.3 Å². The first kappa shape index (κ1) is 45.5. The van der Waals surface area contributed by atoms with Crippen LogP contribution in [-0.2, 0) is 21.8 Å². The second kappa shape index (κ2) is 20.0. The molecule has 11 heteroatoms. The molecule has 305 valence electrons. The van der Waals surface area contributed by atoms with Crippen molar-refractivity contribution in [1.82, 2.24) is 29.1 Å². The van der Waals surface area contributed by atoms with Gasteiger partial charge < -0.3 is 13.8 Å².